The lowest BCUT2D eigenvalue weighted by molar-refractivity contribution is 0.0555. The average molecular weight is 449 g/mol. The van der Waals surface area contributed by atoms with Gasteiger partial charge in [-0.15, -0.1) is 0 Å². The number of fused-ring (bicyclic) bond motifs is 1. The molecule has 0 radical (unpaired) electrons. The molecule has 3 N–H and O–H groups in total. The molecular formula is C20H25F2N7O3. The van der Waals surface area contributed by atoms with E-state index >= 15 is 0 Å². The molecule has 0 aromatic carbocycles. The van der Waals surface area contributed by atoms with Gasteiger partial charge in [0.15, 0.2) is 17.3 Å². The Balaban J connectivity index is 1.47. The zero-order valence-corrected chi connectivity index (χ0v) is 17.9. The summed E-state index contributed by atoms with van der Waals surface area (Å²) < 4.78 is 40.8. The molecule has 0 spiro atoms. The van der Waals surface area contributed by atoms with Crippen molar-refractivity contribution in [2.75, 3.05) is 12.4 Å². The maximum Gasteiger partial charge on any atom is 0.407 e. The number of carbonyl (C=O) groups excluding carboxylic acids is 1. The van der Waals surface area contributed by atoms with Crippen molar-refractivity contribution < 1.29 is 23.0 Å². The number of imidazole rings is 1. The number of alkyl carbamates (subject to hydrolysis) is 1. The van der Waals surface area contributed by atoms with E-state index in [1.807, 2.05) is 0 Å². The number of halogens is 2. The maximum atomic E-state index is 14.9. The molecule has 3 aromatic rings. The minimum absolute atomic E-state index is 0.0911. The van der Waals surface area contributed by atoms with Gasteiger partial charge in [-0.2, -0.15) is 5.10 Å². The largest absolute Gasteiger partial charge is 0.443 e. The summed E-state index contributed by atoms with van der Waals surface area (Å²) in [6.07, 6.45) is 0.792. The van der Waals surface area contributed by atoms with Crippen LogP contribution in [0.5, 0.6) is 0 Å². The summed E-state index contributed by atoms with van der Waals surface area (Å²) in [5.41, 5.74) is 1.22. The van der Waals surface area contributed by atoms with E-state index in [0.717, 1.165) is 6.20 Å². The van der Waals surface area contributed by atoms with Crippen LogP contribution in [0.4, 0.5) is 25.3 Å². The van der Waals surface area contributed by atoms with Crippen LogP contribution in [0.25, 0.3) is 5.65 Å². The number of H-pyrrole nitrogens is 1. The Bertz CT molecular complexity index is 1100. The predicted molar refractivity (Wildman–Crippen MR) is 111 cm³/mol. The number of alkyl halides is 1. The van der Waals surface area contributed by atoms with Gasteiger partial charge in [0.1, 0.15) is 12.3 Å². The van der Waals surface area contributed by atoms with E-state index in [4.69, 9.17) is 9.47 Å². The molecule has 3 heterocycles. The highest BCUT2D eigenvalue weighted by atomic mass is 19.1. The molecule has 1 amide bonds. The second-order valence-electron chi connectivity index (χ2n) is 7.99. The Hall–Kier alpha value is -3.28. The monoisotopic (exact) mass is 449 g/mol. The lowest BCUT2D eigenvalue weighted by Gasteiger charge is -2.18. The van der Waals surface area contributed by atoms with Crippen LogP contribution in [-0.4, -0.2) is 56.1 Å². The Morgan fingerprint density at radius 2 is 2.22 bits per heavy atom. The van der Waals surface area contributed by atoms with Crippen molar-refractivity contribution in [1.82, 2.24) is 29.9 Å². The number of rotatable bonds is 7. The maximum absolute atomic E-state index is 14.9. The SMILES string of the molecule is COCc1cn2c(Nc3cc([C@H]4CC[C@@H](OC(=O)NC(C)C)[C@@H]4F)[nH]n3)ncc(F)c2n1. The number of amides is 1. The summed E-state index contributed by atoms with van der Waals surface area (Å²) in [5.74, 6) is -0.377. The zero-order chi connectivity index (χ0) is 22.8. The van der Waals surface area contributed by atoms with Crippen molar-refractivity contribution in [2.45, 2.75) is 57.5 Å². The number of hydrogen-bond acceptors (Lipinski definition) is 7. The number of hydrogen-bond donors (Lipinski definition) is 3. The molecular weight excluding hydrogens is 424 g/mol. The number of anilines is 2. The lowest BCUT2D eigenvalue weighted by Crippen LogP contribution is -2.36. The Labute approximate surface area is 182 Å². The number of aromatic nitrogens is 5. The molecule has 12 heteroatoms. The van der Waals surface area contributed by atoms with Gasteiger partial charge in [-0.25, -0.2) is 23.5 Å². The first-order valence-corrected chi connectivity index (χ1v) is 10.3. The zero-order valence-electron chi connectivity index (χ0n) is 17.9. The van der Waals surface area contributed by atoms with Crippen molar-refractivity contribution in [1.29, 1.82) is 0 Å². The van der Waals surface area contributed by atoms with E-state index in [0.29, 0.717) is 36.0 Å². The fourth-order valence-corrected chi connectivity index (χ4v) is 3.79. The molecule has 0 bridgehead atoms. The number of nitrogens with one attached hydrogen (secondary N) is 3. The van der Waals surface area contributed by atoms with E-state index in [9.17, 15) is 13.6 Å². The summed E-state index contributed by atoms with van der Waals surface area (Å²) in [6.45, 7) is 3.83. The second-order valence-corrected chi connectivity index (χ2v) is 7.99. The molecule has 0 unspecified atom stereocenters. The molecule has 0 aliphatic heterocycles. The molecule has 1 fully saturated rings. The van der Waals surface area contributed by atoms with Gasteiger partial charge < -0.3 is 20.1 Å². The third-order valence-electron chi connectivity index (χ3n) is 5.19. The van der Waals surface area contributed by atoms with Crippen molar-refractivity contribution >= 4 is 23.5 Å². The van der Waals surface area contributed by atoms with Gasteiger partial charge in [0, 0.05) is 37.0 Å². The van der Waals surface area contributed by atoms with Crippen molar-refractivity contribution in [3.8, 4) is 0 Å². The summed E-state index contributed by atoms with van der Waals surface area (Å²) in [5, 5.41) is 12.6. The highest BCUT2D eigenvalue weighted by Crippen LogP contribution is 2.38. The van der Waals surface area contributed by atoms with E-state index < -0.39 is 30.1 Å². The number of nitrogens with zero attached hydrogens (tertiary/aromatic N) is 4. The Morgan fingerprint density at radius 1 is 1.41 bits per heavy atom. The molecule has 32 heavy (non-hydrogen) atoms. The number of methoxy groups -OCH3 is 1. The molecule has 4 rings (SSSR count). The summed E-state index contributed by atoms with van der Waals surface area (Å²) in [7, 11) is 1.52. The fraction of sp³-hybridized carbons (Fsp3) is 0.500. The summed E-state index contributed by atoms with van der Waals surface area (Å²) in [6, 6.07) is 1.57. The average Bonchev–Trinajstić information content (AvgIpc) is 3.44. The van der Waals surface area contributed by atoms with Crippen LogP contribution in [0, 0.1) is 5.82 Å². The number of aromatic amines is 1. The van der Waals surface area contributed by atoms with Gasteiger partial charge in [-0.05, 0) is 26.7 Å². The summed E-state index contributed by atoms with van der Waals surface area (Å²) in [4.78, 5) is 20.1. The molecule has 3 aromatic heterocycles. The smallest absolute Gasteiger partial charge is 0.407 e. The van der Waals surface area contributed by atoms with Crippen LogP contribution >= 0.6 is 0 Å². The van der Waals surface area contributed by atoms with E-state index in [2.05, 4.69) is 30.8 Å². The number of ether oxygens (including phenoxy) is 2. The normalized spacial score (nSPS) is 20.8. The highest BCUT2D eigenvalue weighted by Gasteiger charge is 2.40. The first-order chi connectivity index (χ1) is 15.4. The topological polar surface area (TPSA) is 118 Å². The van der Waals surface area contributed by atoms with Crippen LogP contribution in [0.15, 0.2) is 18.5 Å². The number of carbonyl (C=O) groups is 1. The van der Waals surface area contributed by atoms with E-state index in [1.165, 1.54) is 11.5 Å². The predicted octanol–water partition coefficient (Wildman–Crippen LogP) is 3.20. The standard InChI is InChI=1S/C20H25F2N7O3/c1-10(2)24-20(30)32-15-5-4-12(17(15)22)14-6-16(28-27-14)26-19-23-7-13(21)18-25-11(9-31-3)8-29(18)19/h6-8,10,12,15,17H,4-5,9H2,1-3H3,(H,24,30)(H2,23,26,27,28)/t12-,15-,17-/m1/s1. The van der Waals surface area contributed by atoms with Crippen LogP contribution in [0.3, 0.4) is 0 Å². The van der Waals surface area contributed by atoms with Gasteiger partial charge >= 0.3 is 6.09 Å². The third-order valence-corrected chi connectivity index (χ3v) is 5.19. The minimum atomic E-state index is -1.36. The Kier molecular flexibility index (Phi) is 6.21. The van der Waals surface area contributed by atoms with Crippen LogP contribution < -0.4 is 10.6 Å². The van der Waals surface area contributed by atoms with E-state index in [-0.39, 0.29) is 18.3 Å². The lowest BCUT2D eigenvalue weighted by atomic mass is 10.0. The molecule has 172 valence electrons. The Morgan fingerprint density at radius 3 is 2.97 bits per heavy atom. The molecule has 1 aliphatic rings. The third kappa shape index (κ3) is 4.49. The van der Waals surface area contributed by atoms with Crippen LogP contribution in [0.2, 0.25) is 0 Å². The first kappa shape index (κ1) is 21.9. The van der Waals surface area contributed by atoms with E-state index in [1.54, 1.807) is 26.1 Å². The van der Waals surface area contributed by atoms with Crippen molar-refractivity contribution in [3.05, 3.63) is 35.7 Å². The quantitative estimate of drug-likeness (QED) is 0.507. The molecule has 1 saturated carbocycles. The second kappa shape index (κ2) is 9.07. The van der Waals surface area contributed by atoms with Gasteiger partial charge in [0.2, 0.25) is 5.95 Å². The van der Waals surface area contributed by atoms with Crippen molar-refractivity contribution in [3.63, 3.8) is 0 Å². The molecule has 1 aliphatic carbocycles. The van der Waals surface area contributed by atoms with Gasteiger partial charge in [-0.3, -0.25) is 9.50 Å². The van der Waals surface area contributed by atoms with Gasteiger partial charge in [0.25, 0.3) is 0 Å². The van der Waals surface area contributed by atoms with Crippen LogP contribution in [0.1, 0.15) is 44.0 Å². The molecule has 0 saturated heterocycles. The minimum Gasteiger partial charge on any atom is -0.443 e. The fourth-order valence-electron chi connectivity index (χ4n) is 3.79. The van der Waals surface area contributed by atoms with Crippen LogP contribution in [-0.2, 0) is 16.1 Å². The molecule has 10 nitrogen and oxygen atoms in total. The van der Waals surface area contributed by atoms with Gasteiger partial charge in [-0.1, -0.05) is 0 Å². The molecule has 3 atom stereocenters. The first-order valence-electron chi connectivity index (χ1n) is 10.3. The summed E-state index contributed by atoms with van der Waals surface area (Å²) >= 11 is 0. The highest BCUT2D eigenvalue weighted by molar-refractivity contribution is 5.67. The van der Waals surface area contributed by atoms with Crippen molar-refractivity contribution in [2.24, 2.45) is 0 Å². The van der Waals surface area contributed by atoms with Gasteiger partial charge in [0.05, 0.1) is 18.5 Å².